The van der Waals surface area contributed by atoms with Crippen LogP contribution in [0.4, 0.5) is 0 Å². The minimum absolute atomic E-state index is 0.279. The first-order valence-corrected chi connectivity index (χ1v) is 18.8. The second kappa shape index (κ2) is 11.2. The molecule has 7 aromatic rings. The van der Waals surface area contributed by atoms with Gasteiger partial charge in [0.05, 0.1) is 11.6 Å². The molecule has 6 aromatic carbocycles. The molecule has 0 radical (unpaired) electrons. The van der Waals surface area contributed by atoms with Crippen LogP contribution < -0.4 is 0 Å². The zero-order valence-electron chi connectivity index (χ0n) is 29.3. The summed E-state index contributed by atoms with van der Waals surface area (Å²) in [6, 6.07) is 58.0. The van der Waals surface area contributed by atoms with Crippen molar-refractivity contribution in [2.24, 2.45) is 17.3 Å². The zero-order valence-corrected chi connectivity index (χ0v) is 29.3. The molecule has 0 bridgehead atoms. The Bertz CT molecular complexity index is 2490. The minimum atomic E-state index is 0.279. The van der Waals surface area contributed by atoms with Gasteiger partial charge in [0, 0.05) is 27.5 Å². The lowest BCUT2D eigenvalue weighted by atomic mass is 9.07. The highest BCUT2D eigenvalue weighted by atomic mass is 15.0. The third-order valence-electron chi connectivity index (χ3n) is 13.6. The lowest BCUT2D eigenvalue weighted by molar-refractivity contribution is -0.412. The van der Waals surface area contributed by atoms with Crippen molar-refractivity contribution in [1.82, 2.24) is 15.0 Å². The molecule has 1 spiro atoms. The van der Waals surface area contributed by atoms with E-state index >= 15 is 0 Å². The predicted octanol–water partition coefficient (Wildman–Crippen LogP) is 11.1. The second-order valence-corrected chi connectivity index (χ2v) is 15.7. The van der Waals surface area contributed by atoms with Crippen LogP contribution in [-0.4, -0.2) is 15.0 Å². The van der Waals surface area contributed by atoms with E-state index in [1.165, 1.54) is 47.9 Å². The molecule has 4 aliphatic rings. The van der Waals surface area contributed by atoms with Gasteiger partial charge in [-0.05, 0) is 88.4 Å². The Labute approximate surface area is 309 Å². The Morgan fingerprint density at radius 1 is 0.434 bits per heavy atom. The van der Waals surface area contributed by atoms with Crippen molar-refractivity contribution >= 4 is 0 Å². The van der Waals surface area contributed by atoms with E-state index in [0.717, 1.165) is 39.7 Å². The average molecular weight is 681 g/mol. The molecule has 1 aromatic heterocycles. The molecule has 5 atom stereocenters. The largest absolute Gasteiger partial charge is 0.208 e. The first kappa shape index (κ1) is 30.4. The van der Waals surface area contributed by atoms with Crippen molar-refractivity contribution in [2.45, 2.75) is 36.5 Å². The lowest BCUT2D eigenvalue weighted by Gasteiger charge is -2.96. The van der Waals surface area contributed by atoms with Gasteiger partial charge >= 0.3 is 0 Å². The molecule has 4 aliphatic carbocycles. The highest BCUT2D eigenvalue weighted by molar-refractivity contribution is 5.72. The number of hydrogen-bond acceptors (Lipinski definition) is 4. The van der Waals surface area contributed by atoms with Crippen molar-refractivity contribution in [2.75, 3.05) is 0 Å². The maximum atomic E-state index is 9.14. The molecule has 4 saturated carbocycles. The monoisotopic (exact) mass is 680 g/mol. The van der Waals surface area contributed by atoms with Gasteiger partial charge in [0.1, 0.15) is 0 Å². The van der Waals surface area contributed by atoms with Gasteiger partial charge in [0.25, 0.3) is 0 Å². The SMILES string of the molecule is N#Cc1ccc(-c2ccc(-c3ccc(C45CC6CC7CC(c8ccc(-c9nc(-c%10ccccc%10)nc(-c%10ccccc%10)n9)cc8)(C4)C675)cc3)cc2)cc1. The van der Waals surface area contributed by atoms with Gasteiger partial charge < -0.3 is 0 Å². The Hall–Kier alpha value is -6.18. The van der Waals surface area contributed by atoms with Gasteiger partial charge in [-0.3, -0.25) is 0 Å². The molecule has 4 fully saturated rings. The summed E-state index contributed by atoms with van der Waals surface area (Å²) in [7, 11) is 0. The lowest BCUT2D eigenvalue weighted by Crippen LogP contribution is -2.93. The fourth-order valence-electron chi connectivity index (χ4n) is 11.5. The summed E-state index contributed by atoms with van der Waals surface area (Å²) >= 11 is 0. The maximum absolute atomic E-state index is 9.14. The number of nitrogens with zero attached hydrogens (tertiary/aromatic N) is 4. The van der Waals surface area contributed by atoms with E-state index in [2.05, 4.69) is 103 Å². The molecule has 5 unspecified atom stereocenters. The summed E-state index contributed by atoms with van der Waals surface area (Å²) in [6.07, 6.45) is 5.29. The average Bonchev–Trinajstić information content (AvgIpc) is 3.21. The number of rotatable bonds is 7. The van der Waals surface area contributed by atoms with Crippen LogP contribution in [0.1, 0.15) is 42.4 Å². The molecule has 252 valence electrons. The van der Waals surface area contributed by atoms with Crippen LogP contribution in [0, 0.1) is 28.6 Å². The Morgan fingerprint density at radius 2 is 0.792 bits per heavy atom. The van der Waals surface area contributed by atoms with E-state index in [9.17, 15) is 0 Å². The Kier molecular flexibility index (Phi) is 6.41. The van der Waals surface area contributed by atoms with Gasteiger partial charge in [-0.15, -0.1) is 0 Å². The number of nitriles is 1. The van der Waals surface area contributed by atoms with Crippen LogP contribution >= 0.6 is 0 Å². The molecule has 4 heteroatoms. The van der Waals surface area contributed by atoms with E-state index in [-0.39, 0.29) is 5.41 Å². The van der Waals surface area contributed by atoms with Gasteiger partial charge in [-0.1, -0.05) is 146 Å². The summed E-state index contributed by atoms with van der Waals surface area (Å²) in [5.74, 6) is 3.78. The first-order valence-electron chi connectivity index (χ1n) is 18.8. The highest BCUT2D eigenvalue weighted by Crippen LogP contribution is 2.97. The summed E-state index contributed by atoms with van der Waals surface area (Å²) in [5.41, 5.74) is 12.5. The quantitative estimate of drug-likeness (QED) is 0.168. The van der Waals surface area contributed by atoms with Gasteiger partial charge in [-0.2, -0.15) is 5.26 Å². The van der Waals surface area contributed by atoms with Gasteiger partial charge in [0.15, 0.2) is 17.5 Å². The van der Waals surface area contributed by atoms with Crippen LogP contribution in [0.2, 0.25) is 0 Å². The molecule has 11 rings (SSSR count). The van der Waals surface area contributed by atoms with E-state index < -0.39 is 0 Å². The zero-order chi connectivity index (χ0) is 35.2. The van der Waals surface area contributed by atoms with Crippen molar-refractivity contribution in [1.29, 1.82) is 5.26 Å². The molecule has 0 N–H and O–H groups in total. The summed E-state index contributed by atoms with van der Waals surface area (Å²) in [6.45, 7) is 0. The van der Waals surface area contributed by atoms with Crippen LogP contribution in [0.3, 0.4) is 0 Å². The van der Waals surface area contributed by atoms with Crippen LogP contribution in [0.25, 0.3) is 56.4 Å². The van der Waals surface area contributed by atoms with E-state index in [0.29, 0.717) is 33.9 Å². The highest BCUT2D eigenvalue weighted by Gasteiger charge is 2.93. The normalized spacial score (nSPS) is 25.6. The molecule has 0 aliphatic heterocycles. The predicted molar refractivity (Wildman–Crippen MR) is 209 cm³/mol. The van der Waals surface area contributed by atoms with E-state index in [1.54, 1.807) is 0 Å². The van der Waals surface area contributed by atoms with Crippen molar-refractivity contribution in [3.63, 3.8) is 0 Å². The Morgan fingerprint density at radius 3 is 1.19 bits per heavy atom. The Balaban J connectivity index is 0.868. The third-order valence-corrected chi connectivity index (χ3v) is 13.6. The summed E-state index contributed by atoms with van der Waals surface area (Å²) in [5, 5.41) is 9.14. The smallest absolute Gasteiger partial charge is 0.164 e. The molecule has 4 nitrogen and oxygen atoms in total. The van der Waals surface area contributed by atoms with E-state index in [4.69, 9.17) is 20.2 Å². The molecule has 53 heavy (non-hydrogen) atoms. The molecule has 0 amide bonds. The second-order valence-electron chi connectivity index (χ2n) is 15.7. The molecule has 0 saturated heterocycles. The standard InChI is InChI=1S/C49H36N4/c50-30-32-11-13-33(14-12-32)34-15-17-35(18-16-34)36-19-23-40(24-20-36)47-28-42-27-43-29-48(31-47,49(42,43)47)41-25-21-39(22-26-41)46-52-44(37-7-3-1-4-8-37)51-45(53-46)38-9-5-2-6-10-38/h1-26,42-43H,27-29,31H2. The summed E-state index contributed by atoms with van der Waals surface area (Å²) in [4.78, 5) is 14.8. The number of hydrogen-bond donors (Lipinski definition) is 0. The molecular formula is C49H36N4. The maximum Gasteiger partial charge on any atom is 0.164 e. The summed E-state index contributed by atoms with van der Waals surface area (Å²) < 4.78 is 0. The van der Waals surface area contributed by atoms with Gasteiger partial charge in [-0.25, -0.2) is 15.0 Å². The van der Waals surface area contributed by atoms with Crippen LogP contribution in [0.15, 0.2) is 158 Å². The van der Waals surface area contributed by atoms with Crippen LogP contribution in [-0.2, 0) is 10.8 Å². The van der Waals surface area contributed by atoms with Crippen molar-refractivity contribution in [3.8, 4) is 62.5 Å². The van der Waals surface area contributed by atoms with Crippen molar-refractivity contribution in [3.05, 3.63) is 174 Å². The first-order chi connectivity index (χ1) is 26.1. The van der Waals surface area contributed by atoms with Crippen LogP contribution in [0.5, 0.6) is 0 Å². The minimum Gasteiger partial charge on any atom is -0.208 e. The third kappa shape index (κ3) is 4.14. The van der Waals surface area contributed by atoms with Gasteiger partial charge in [0.2, 0.25) is 0 Å². The number of benzene rings is 6. The topological polar surface area (TPSA) is 62.5 Å². The molecule has 1 heterocycles. The fourth-order valence-corrected chi connectivity index (χ4v) is 11.5. The van der Waals surface area contributed by atoms with Crippen molar-refractivity contribution < 1.29 is 0 Å². The molecular weight excluding hydrogens is 645 g/mol. The fraction of sp³-hybridized carbons (Fsp3) is 0.184. The van der Waals surface area contributed by atoms with E-state index in [1.807, 2.05) is 60.7 Å². The number of aromatic nitrogens is 3.